The van der Waals surface area contributed by atoms with Crippen molar-refractivity contribution in [2.75, 3.05) is 23.7 Å². The first kappa shape index (κ1) is 23.6. The smallest absolute Gasteiger partial charge is 0.321 e. The second kappa shape index (κ2) is 11.5. The van der Waals surface area contributed by atoms with Gasteiger partial charge in [-0.25, -0.2) is 9.59 Å². The molecule has 0 spiro atoms. The summed E-state index contributed by atoms with van der Waals surface area (Å²) in [5.41, 5.74) is 1.88. The van der Waals surface area contributed by atoms with Crippen LogP contribution in [0.25, 0.3) is 0 Å². The van der Waals surface area contributed by atoms with E-state index in [1.165, 1.54) is 19.3 Å². The van der Waals surface area contributed by atoms with E-state index in [0.29, 0.717) is 24.3 Å². The number of hydrogen-bond acceptors (Lipinski definition) is 3. The van der Waals surface area contributed by atoms with Gasteiger partial charge in [-0.05, 0) is 62.1 Å². The monoisotopic (exact) mass is 463 g/mol. The normalized spacial score (nSPS) is 17.0. The molecule has 180 valence electrons. The fourth-order valence-electron chi connectivity index (χ4n) is 4.52. The number of carbonyl (C=O) groups excluding carboxylic acids is 3. The number of likely N-dealkylation sites (tertiary alicyclic amines) is 1. The summed E-state index contributed by atoms with van der Waals surface area (Å²) in [5.74, 6) is -0.203. The lowest BCUT2D eigenvalue weighted by Crippen LogP contribution is -2.51. The van der Waals surface area contributed by atoms with Gasteiger partial charge in [0, 0.05) is 42.1 Å². The Morgan fingerprint density at radius 3 is 1.91 bits per heavy atom. The maximum Gasteiger partial charge on any atom is 0.321 e. The van der Waals surface area contributed by atoms with E-state index in [9.17, 15) is 14.4 Å². The molecule has 34 heavy (non-hydrogen) atoms. The van der Waals surface area contributed by atoms with Gasteiger partial charge in [-0.2, -0.15) is 0 Å². The molecule has 4 rings (SSSR count). The van der Waals surface area contributed by atoms with Crippen molar-refractivity contribution in [2.45, 2.75) is 57.0 Å². The van der Waals surface area contributed by atoms with E-state index < -0.39 is 0 Å². The first-order chi connectivity index (χ1) is 16.6. The van der Waals surface area contributed by atoms with Gasteiger partial charge in [0.15, 0.2) is 0 Å². The summed E-state index contributed by atoms with van der Waals surface area (Å²) in [6.07, 6.45) is 7.20. The standard InChI is InChI=1S/C26H33N5O3/c32-24(27-20-7-3-1-4-8-20)19-11-13-22(14-12-19)30-26(34)31-17-15-23(16-18-31)29-25(33)28-21-9-5-2-6-10-21/h1,3-4,7-8,11-14,21,23H,2,5-6,9-10,15-18H2,(H,27,32)(H,30,34)(H2,28,29,33). The van der Waals surface area contributed by atoms with Crippen molar-refractivity contribution in [1.82, 2.24) is 15.5 Å². The van der Waals surface area contributed by atoms with Crippen LogP contribution in [0.15, 0.2) is 54.6 Å². The summed E-state index contributed by atoms with van der Waals surface area (Å²) in [7, 11) is 0. The number of carbonyl (C=O) groups is 3. The molecule has 2 aromatic rings. The van der Waals surface area contributed by atoms with E-state index in [4.69, 9.17) is 0 Å². The molecule has 2 fully saturated rings. The number of rotatable bonds is 5. The van der Waals surface area contributed by atoms with Gasteiger partial charge in [0.2, 0.25) is 0 Å². The zero-order valence-electron chi connectivity index (χ0n) is 19.4. The summed E-state index contributed by atoms with van der Waals surface area (Å²) in [6, 6.07) is 16.2. The summed E-state index contributed by atoms with van der Waals surface area (Å²) in [6.45, 7) is 1.16. The molecule has 1 heterocycles. The van der Waals surface area contributed by atoms with Crippen LogP contribution in [0.5, 0.6) is 0 Å². The molecule has 1 aliphatic carbocycles. The first-order valence-electron chi connectivity index (χ1n) is 12.2. The molecule has 8 heteroatoms. The Hall–Kier alpha value is -3.55. The molecule has 1 saturated heterocycles. The molecule has 1 saturated carbocycles. The van der Waals surface area contributed by atoms with E-state index in [1.54, 1.807) is 29.2 Å². The lowest BCUT2D eigenvalue weighted by Gasteiger charge is -2.33. The molecule has 0 aromatic heterocycles. The molecule has 2 aromatic carbocycles. The highest BCUT2D eigenvalue weighted by Crippen LogP contribution is 2.18. The van der Waals surface area contributed by atoms with Crippen LogP contribution in [0.1, 0.15) is 55.3 Å². The van der Waals surface area contributed by atoms with Crippen molar-refractivity contribution < 1.29 is 14.4 Å². The van der Waals surface area contributed by atoms with E-state index in [-0.39, 0.29) is 30.1 Å². The number of amides is 5. The number of benzene rings is 2. The van der Waals surface area contributed by atoms with Gasteiger partial charge in [-0.3, -0.25) is 4.79 Å². The SMILES string of the molecule is O=C(NC1CCCCC1)NC1CCN(C(=O)Nc2ccc(C(=O)Nc3ccccc3)cc2)CC1. The topological polar surface area (TPSA) is 103 Å². The van der Waals surface area contributed by atoms with Crippen LogP contribution in [-0.2, 0) is 0 Å². The van der Waals surface area contributed by atoms with E-state index in [2.05, 4.69) is 21.3 Å². The van der Waals surface area contributed by atoms with Crippen molar-refractivity contribution in [1.29, 1.82) is 0 Å². The van der Waals surface area contributed by atoms with Crippen LogP contribution >= 0.6 is 0 Å². The highest BCUT2D eigenvalue weighted by molar-refractivity contribution is 6.04. The van der Waals surface area contributed by atoms with Gasteiger partial charge >= 0.3 is 12.1 Å². The minimum atomic E-state index is -0.203. The number of para-hydroxylation sites is 1. The zero-order chi connectivity index (χ0) is 23.8. The molecule has 0 radical (unpaired) electrons. The van der Waals surface area contributed by atoms with Crippen molar-refractivity contribution in [3.8, 4) is 0 Å². The van der Waals surface area contributed by atoms with Crippen LogP contribution in [0, 0.1) is 0 Å². The molecule has 4 N–H and O–H groups in total. The van der Waals surface area contributed by atoms with Gasteiger partial charge in [0.1, 0.15) is 0 Å². The van der Waals surface area contributed by atoms with Crippen LogP contribution in [0.2, 0.25) is 0 Å². The Kier molecular flexibility index (Phi) is 8.01. The van der Waals surface area contributed by atoms with E-state index in [0.717, 1.165) is 31.4 Å². The minimum Gasteiger partial charge on any atom is -0.335 e. The van der Waals surface area contributed by atoms with Crippen molar-refractivity contribution in [3.63, 3.8) is 0 Å². The second-order valence-electron chi connectivity index (χ2n) is 9.04. The Morgan fingerprint density at radius 2 is 1.26 bits per heavy atom. The quantitative estimate of drug-likeness (QED) is 0.522. The predicted molar refractivity (Wildman–Crippen MR) is 133 cm³/mol. The second-order valence-corrected chi connectivity index (χ2v) is 9.04. The molecule has 1 aliphatic heterocycles. The third kappa shape index (κ3) is 6.73. The summed E-state index contributed by atoms with van der Waals surface area (Å²) < 4.78 is 0. The molecule has 8 nitrogen and oxygen atoms in total. The van der Waals surface area contributed by atoms with Gasteiger partial charge < -0.3 is 26.2 Å². The van der Waals surface area contributed by atoms with Crippen molar-refractivity contribution >= 4 is 29.3 Å². The Bertz CT molecular complexity index is 966. The van der Waals surface area contributed by atoms with Crippen molar-refractivity contribution in [3.05, 3.63) is 60.2 Å². The number of nitrogens with one attached hydrogen (secondary N) is 4. The molecule has 0 bridgehead atoms. The van der Waals surface area contributed by atoms with Crippen LogP contribution in [0.4, 0.5) is 21.0 Å². The van der Waals surface area contributed by atoms with Crippen LogP contribution in [0.3, 0.4) is 0 Å². The highest BCUT2D eigenvalue weighted by Gasteiger charge is 2.25. The number of hydrogen-bond donors (Lipinski definition) is 4. The number of nitrogens with zero attached hydrogens (tertiary/aromatic N) is 1. The molecule has 5 amide bonds. The average Bonchev–Trinajstić information content (AvgIpc) is 2.86. The molecular formula is C26H33N5O3. The van der Waals surface area contributed by atoms with E-state index in [1.807, 2.05) is 30.3 Å². The zero-order valence-corrected chi connectivity index (χ0v) is 19.4. The predicted octanol–water partition coefficient (Wildman–Crippen LogP) is 4.57. The lowest BCUT2D eigenvalue weighted by molar-refractivity contribution is 0.102. The molecule has 2 aliphatic rings. The fourth-order valence-corrected chi connectivity index (χ4v) is 4.52. The van der Waals surface area contributed by atoms with Gasteiger partial charge in [-0.15, -0.1) is 0 Å². The number of urea groups is 2. The Balaban J connectivity index is 1.19. The number of anilines is 2. The average molecular weight is 464 g/mol. The Morgan fingerprint density at radius 1 is 0.676 bits per heavy atom. The fraction of sp³-hybridized carbons (Fsp3) is 0.423. The molecule has 0 atom stereocenters. The maximum absolute atomic E-state index is 12.7. The first-order valence-corrected chi connectivity index (χ1v) is 12.2. The summed E-state index contributed by atoms with van der Waals surface area (Å²) in [4.78, 5) is 39.1. The largest absolute Gasteiger partial charge is 0.335 e. The van der Waals surface area contributed by atoms with Gasteiger partial charge in [0.25, 0.3) is 5.91 Å². The lowest BCUT2D eigenvalue weighted by atomic mass is 9.96. The Labute approximate surface area is 200 Å². The summed E-state index contributed by atoms with van der Waals surface area (Å²) >= 11 is 0. The van der Waals surface area contributed by atoms with Crippen LogP contribution in [-0.4, -0.2) is 48.0 Å². The van der Waals surface area contributed by atoms with E-state index >= 15 is 0 Å². The third-order valence-electron chi connectivity index (χ3n) is 6.49. The third-order valence-corrected chi connectivity index (χ3v) is 6.49. The van der Waals surface area contributed by atoms with Gasteiger partial charge in [-0.1, -0.05) is 37.5 Å². The minimum absolute atomic E-state index is 0.0788. The maximum atomic E-state index is 12.7. The summed E-state index contributed by atoms with van der Waals surface area (Å²) in [5, 5.41) is 11.9. The molecular weight excluding hydrogens is 430 g/mol. The molecule has 0 unspecified atom stereocenters. The highest BCUT2D eigenvalue weighted by atomic mass is 16.2. The number of piperidine rings is 1. The van der Waals surface area contributed by atoms with Crippen LogP contribution < -0.4 is 21.3 Å². The van der Waals surface area contributed by atoms with Crippen molar-refractivity contribution in [2.24, 2.45) is 0 Å². The van der Waals surface area contributed by atoms with Gasteiger partial charge in [0.05, 0.1) is 0 Å².